The summed E-state index contributed by atoms with van der Waals surface area (Å²) in [6.45, 7) is 0. The van der Waals surface area contributed by atoms with Gasteiger partial charge in [0.25, 0.3) is 5.56 Å². The van der Waals surface area contributed by atoms with Gasteiger partial charge >= 0.3 is 0 Å². The molecule has 0 spiro atoms. The van der Waals surface area contributed by atoms with Crippen molar-refractivity contribution in [3.63, 3.8) is 0 Å². The molecule has 34 heavy (non-hydrogen) atoms. The zero-order valence-corrected chi connectivity index (χ0v) is 20.2. The molecule has 3 aromatic heterocycles. The van der Waals surface area contributed by atoms with E-state index in [-0.39, 0.29) is 11.5 Å². The number of thiophene rings is 1. The van der Waals surface area contributed by atoms with Crippen LogP contribution in [0, 0.1) is 0 Å². The highest BCUT2D eigenvalue weighted by molar-refractivity contribution is 7.98. The number of hydrogen-bond donors (Lipinski definition) is 1. The summed E-state index contributed by atoms with van der Waals surface area (Å²) in [5.74, 6) is 1.54. The number of nitrogen functional groups attached to an aromatic ring is 1. The van der Waals surface area contributed by atoms with Gasteiger partial charge in [0.2, 0.25) is 11.9 Å². The van der Waals surface area contributed by atoms with Crippen molar-refractivity contribution in [2.45, 2.75) is 10.9 Å². The quantitative estimate of drug-likeness (QED) is 0.280. The summed E-state index contributed by atoms with van der Waals surface area (Å²) in [4.78, 5) is 34.9. The van der Waals surface area contributed by atoms with Crippen LogP contribution in [-0.4, -0.2) is 38.6 Å². The molecular weight excluding hydrogens is 466 g/mol. The van der Waals surface area contributed by atoms with E-state index in [4.69, 9.17) is 10.7 Å². The number of para-hydroxylation sites is 1. The molecule has 0 aliphatic rings. The summed E-state index contributed by atoms with van der Waals surface area (Å²) >= 11 is 2.90. The van der Waals surface area contributed by atoms with Crippen molar-refractivity contribution < 1.29 is 0 Å². The molecule has 0 aliphatic heterocycles. The summed E-state index contributed by atoms with van der Waals surface area (Å²) in [7, 11) is 3.69. The number of anilines is 2. The van der Waals surface area contributed by atoms with Crippen molar-refractivity contribution >= 4 is 45.2 Å². The standard InChI is InChI=1S/C24H21N7OS2/c1-30(2)23-27-19(26-22(25)29-23)14-33-24-28-20-17(13-18(34-20)15-9-5-3-6-10-15)21(32)31(24)16-11-7-4-8-12-16/h3-13H,14H2,1-2H3,(H2,25,26,27,29). The maximum Gasteiger partial charge on any atom is 0.267 e. The van der Waals surface area contributed by atoms with Crippen LogP contribution < -0.4 is 16.2 Å². The van der Waals surface area contributed by atoms with Crippen LogP contribution >= 0.6 is 23.1 Å². The lowest BCUT2D eigenvalue weighted by atomic mass is 10.2. The topological polar surface area (TPSA) is 103 Å². The monoisotopic (exact) mass is 487 g/mol. The van der Waals surface area contributed by atoms with Crippen LogP contribution in [0.3, 0.4) is 0 Å². The number of nitrogens with two attached hydrogens (primary N) is 1. The summed E-state index contributed by atoms with van der Waals surface area (Å²) in [6.07, 6.45) is 0. The molecule has 170 valence electrons. The molecular formula is C24H21N7OS2. The highest BCUT2D eigenvalue weighted by atomic mass is 32.2. The molecule has 0 bridgehead atoms. The van der Waals surface area contributed by atoms with Crippen LogP contribution in [0.4, 0.5) is 11.9 Å². The van der Waals surface area contributed by atoms with Gasteiger partial charge in [0.15, 0.2) is 5.16 Å². The van der Waals surface area contributed by atoms with Crippen molar-refractivity contribution in [1.82, 2.24) is 24.5 Å². The predicted molar refractivity (Wildman–Crippen MR) is 139 cm³/mol. The van der Waals surface area contributed by atoms with Crippen LogP contribution in [0.2, 0.25) is 0 Å². The van der Waals surface area contributed by atoms with E-state index in [9.17, 15) is 4.79 Å². The third-order valence-electron chi connectivity index (χ3n) is 5.02. The number of nitrogens with zero attached hydrogens (tertiary/aromatic N) is 6. The summed E-state index contributed by atoms with van der Waals surface area (Å²) in [6, 6.07) is 21.5. The Morgan fingerprint density at radius 1 is 0.971 bits per heavy atom. The first-order chi connectivity index (χ1) is 16.5. The van der Waals surface area contributed by atoms with Gasteiger partial charge in [0.1, 0.15) is 10.7 Å². The summed E-state index contributed by atoms with van der Waals surface area (Å²) < 4.78 is 1.64. The molecule has 2 N–H and O–H groups in total. The molecule has 5 rings (SSSR count). The second kappa shape index (κ2) is 9.24. The van der Waals surface area contributed by atoms with Crippen LogP contribution in [0.5, 0.6) is 0 Å². The number of fused-ring (bicyclic) bond motifs is 1. The second-order valence-electron chi connectivity index (χ2n) is 7.66. The van der Waals surface area contributed by atoms with Crippen molar-refractivity contribution in [1.29, 1.82) is 0 Å². The number of aromatic nitrogens is 5. The maximum atomic E-state index is 13.7. The van der Waals surface area contributed by atoms with E-state index in [0.29, 0.717) is 32.9 Å². The Kier molecular flexibility index (Phi) is 5.99. The molecule has 0 aliphatic carbocycles. The molecule has 0 saturated heterocycles. The minimum atomic E-state index is -0.110. The zero-order chi connectivity index (χ0) is 23.7. The van der Waals surface area contributed by atoms with E-state index < -0.39 is 0 Å². The van der Waals surface area contributed by atoms with Crippen LogP contribution in [0.15, 0.2) is 76.7 Å². The molecule has 0 radical (unpaired) electrons. The molecule has 8 nitrogen and oxygen atoms in total. The highest BCUT2D eigenvalue weighted by Crippen LogP contribution is 2.33. The van der Waals surface area contributed by atoms with Gasteiger partial charge in [-0.05, 0) is 23.8 Å². The Morgan fingerprint density at radius 3 is 2.38 bits per heavy atom. The van der Waals surface area contributed by atoms with Crippen LogP contribution in [0.1, 0.15) is 5.82 Å². The fourth-order valence-electron chi connectivity index (χ4n) is 3.43. The first-order valence-corrected chi connectivity index (χ1v) is 12.3. The zero-order valence-electron chi connectivity index (χ0n) is 18.5. The minimum Gasteiger partial charge on any atom is -0.368 e. The Labute approximate surface area is 204 Å². The van der Waals surface area contributed by atoms with Crippen molar-refractivity contribution in [3.8, 4) is 16.1 Å². The normalized spacial score (nSPS) is 11.1. The van der Waals surface area contributed by atoms with E-state index in [1.165, 1.54) is 23.1 Å². The van der Waals surface area contributed by atoms with Crippen molar-refractivity contribution in [3.05, 3.63) is 82.9 Å². The van der Waals surface area contributed by atoms with E-state index in [2.05, 4.69) is 15.0 Å². The predicted octanol–water partition coefficient (Wildman–Crippen LogP) is 4.24. The molecule has 0 atom stereocenters. The Hall–Kier alpha value is -3.76. The maximum absolute atomic E-state index is 13.7. The third kappa shape index (κ3) is 4.37. The van der Waals surface area contributed by atoms with E-state index in [1.807, 2.05) is 80.8 Å². The molecule has 0 unspecified atom stereocenters. The third-order valence-corrected chi connectivity index (χ3v) is 7.04. The highest BCUT2D eigenvalue weighted by Gasteiger charge is 2.17. The Bertz CT molecular complexity index is 1520. The average Bonchev–Trinajstić information content (AvgIpc) is 3.28. The van der Waals surface area contributed by atoms with Crippen molar-refractivity contribution in [2.75, 3.05) is 24.7 Å². The smallest absolute Gasteiger partial charge is 0.267 e. The van der Waals surface area contributed by atoms with Crippen molar-refractivity contribution in [2.24, 2.45) is 0 Å². The molecule has 0 saturated carbocycles. The van der Waals surface area contributed by atoms with E-state index >= 15 is 0 Å². The molecule has 0 amide bonds. The first-order valence-electron chi connectivity index (χ1n) is 10.5. The second-order valence-corrected chi connectivity index (χ2v) is 9.63. The number of thioether (sulfide) groups is 1. The molecule has 5 aromatic rings. The molecule has 3 heterocycles. The lowest BCUT2D eigenvalue weighted by molar-refractivity contribution is 0.820. The van der Waals surface area contributed by atoms with Gasteiger partial charge < -0.3 is 10.6 Å². The molecule has 10 heteroatoms. The summed E-state index contributed by atoms with van der Waals surface area (Å²) in [5.41, 5.74) is 7.57. The number of benzene rings is 2. The number of rotatable bonds is 6. The SMILES string of the molecule is CN(C)c1nc(N)nc(CSc2nc3sc(-c4ccccc4)cc3c(=O)n2-c2ccccc2)n1. The van der Waals surface area contributed by atoms with Gasteiger partial charge in [-0.25, -0.2) is 4.98 Å². The van der Waals surface area contributed by atoms with Crippen LogP contribution in [0.25, 0.3) is 26.3 Å². The lowest BCUT2D eigenvalue weighted by Crippen LogP contribution is -2.21. The number of hydrogen-bond acceptors (Lipinski definition) is 9. The van der Waals surface area contributed by atoms with Gasteiger partial charge in [-0.1, -0.05) is 60.3 Å². The summed E-state index contributed by atoms with van der Waals surface area (Å²) in [5, 5.41) is 1.16. The van der Waals surface area contributed by atoms with Gasteiger partial charge in [-0.3, -0.25) is 9.36 Å². The van der Waals surface area contributed by atoms with Crippen LogP contribution in [-0.2, 0) is 5.75 Å². The fourth-order valence-corrected chi connectivity index (χ4v) is 5.37. The Balaban J connectivity index is 1.60. The van der Waals surface area contributed by atoms with Gasteiger partial charge in [0.05, 0.1) is 16.8 Å². The fraction of sp³-hybridized carbons (Fsp3) is 0.125. The molecule has 2 aromatic carbocycles. The largest absolute Gasteiger partial charge is 0.368 e. The minimum absolute atomic E-state index is 0.110. The average molecular weight is 488 g/mol. The van der Waals surface area contributed by atoms with Gasteiger partial charge in [-0.15, -0.1) is 11.3 Å². The Morgan fingerprint density at radius 2 is 1.68 bits per heavy atom. The van der Waals surface area contributed by atoms with E-state index in [1.54, 1.807) is 9.47 Å². The van der Waals surface area contributed by atoms with E-state index in [0.717, 1.165) is 16.1 Å². The lowest BCUT2D eigenvalue weighted by Gasteiger charge is -2.13. The van der Waals surface area contributed by atoms with Gasteiger partial charge in [0, 0.05) is 19.0 Å². The molecule has 0 fully saturated rings. The van der Waals surface area contributed by atoms with Gasteiger partial charge in [-0.2, -0.15) is 15.0 Å². The first kappa shape index (κ1) is 22.1.